The summed E-state index contributed by atoms with van der Waals surface area (Å²) in [6, 6.07) is 0. The molecule has 3 heterocycles. The Morgan fingerprint density at radius 1 is 1.21 bits per heavy atom. The van der Waals surface area contributed by atoms with E-state index in [0.29, 0.717) is 57.9 Å². The Hall–Kier alpha value is -1.67. The Kier molecular flexibility index (Phi) is 3.96. The van der Waals surface area contributed by atoms with Crippen LogP contribution in [0.1, 0.15) is 25.7 Å². The molecule has 3 fully saturated rings. The van der Waals surface area contributed by atoms with E-state index < -0.39 is 5.60 Å². The number of hydrogen-bond donors (Lipinski definition) is 1. The number of hydrogen-bond acceptors (Lipinski definition) is 6. The summed E-state index contributed by atoms with van der Waals surface area (Å²) in [4.78, 5) is 33.9. The van der Waals surface area contributed by atoms with Crippen molar-refractivity contribution in [2.45, 2.75) is 37.4 Å². The fourth-order valence-electron chi connectivity index (χ4n) is 3.82. The van der Waals surface area contributed by atoms with Crippen LogP contribution in [0.5, 0.6) is 0 Å². The molecule has 8 nitrogen and oxygen atoms in total. The first-order valence-electron chi connectivity index (χ1n) is 8.67. The number of fused-ring (bicyclic) bond motifs is 1. The van der Waals surface area contributed by atoms with Crippen LogP contribution in [0, 0.1) is 5.92 Å². The molecule has 0 spiro atoms. The first kappa shape index (κ1) is 15.8. The van der Waals surface area contributed by atoms with Gasteiger partial charge in [0.25, 0.3) is 5.91 Å². The molecule has 0 aromatic rings. The Morgan fingerprint density at radius 3 is 2.62 bits per heavy atom. The molecule has 2 saturated heterocycles. The van der Waals surface area contributed by atoms with Crippen molar-refractivity contribution in [3.05, 3.63) is 0 Å². The molecule has 4 rings (SSSR count). The molecule has 0 unspecified atom stereocenters. The van der Waals surface area contributed by atoms with Crippen LogP contribution in [0.15, 0.2) is 5.16 Å². The monoisotopic (exact) mass is 337 g/mol. The molecule has 3 aliphatic heterocycles. The minimum Gasteiger partial charge on any atom is -0.389 e. The molecule has 132 valence electrons. The second-order valence-corrected chi connectivity index (χ2v) is 7.18. The summed E-state index contributed by atoms with van der Waals surface area (Å²) in [5.74, 6) is -0.341. The van der Waals surface area contributed by atoms with Gasteiger partial charge in [-0.25, -0.2) is 0 Å². The number of morpholine rings is 1. The third kappa shape index (κ3) is 2.77. The number of likely N-dealkylation sites (tertiary alicyclic amines) is 1. The standard InChI is InChI=1S/C16H23N3O5/c20-13(8-16(22)2-1-3-16)19-9-11-12(10-19)24-17-14(11)15(21)18-4-6-23-7-5-18/h11-12,22H,1-10H2/t11-,12+/m0/s1. The van der Waals surface area contributed by atoms with Crippen LogP contribution in [0.4, 0.5) is 0 Å². The zero-order valence-electron chi connectivity index (χ0n) is 13.6. The highest BCUT2D eigenvalue weighted by Crippen LogP contribution is 2.36. The van der Waals surface area contributed by atoms with E-state index in [1.54, 1.807) is 9.80 Å². The summed E-state index contributed by atoms with van der Waals surface area (Å²) in [7, 11) is 0. The topological polar surface area (TPSA) is 91.7 Å². The second-order valence-electron chi connectivity index (χ2n) is 7.18. The van der Waals surface area contributed by atoms with E-state index in [1.165, 1.54) is 0 Å². The summed E-state index contributed by atoms with van der Waals surface area (Å²) in [5, 5.41) is 14.2. The zero-order valence-corrected chi connectivity index (χ0v) is 13.6. The number of aliphatic hydroxyl groups is 1. The fourth-order valence-corrected chi connectivity index (χ4v) is 3.82. The van der Waals surface area contributed by atoms with E-state index in [9.17, 15) is 14.7 Å². The summed E-state index contributed by atoms with van der Waals surface area (Å²) in [6.45, 7) is 3.07. The predicted molar refractivity (Wildman–Crippen MR) is 83.2 cm³/mol. The first-order chi connectivity index (χ1) is 11.6. The van der Waals surface area contributed by atoms with Crippen LogP contribution in [-0.2, 0) is 19.2 Å². The summed E-state index contributed by atoms with van der Waals surface area (Å²) in [5.41, 5.74) is -0.407. The molecule has 1 aliphatic carbocycles. The molecular formula is C16H23N3O5. The van der Waals surface area contributed by atoms with E-state index in [-0.39, 0.29) is 30.3 Å². The summed E-state index contributed by atoms with van der Waals surface area (Å²) < 4.78 is 5.27. The third-order valence-corrected chi connectivity index (χ3v) is 5.54. The highest BCUT2D eigenvalue weighted by Gasteiger charge is 2.48. The molecule has 8 heteroatoms. The second kappa shape index (κ2) is 6.00. The average molecular weight is 337 g/mol. The van der Waals surface area contributed by atoms with Crippen LogP contribution < -0.4 is 0 Å². The number of oxime groups is 1. The molecular weight excluding hydrogens is 314 g/mol. The molecule has 1 N–H and O–H groups in total. The molecule has 0 bridgehead atoms. The van der Waals surface area contributed by atoms with Gasteiger partial charge in [0.05, 0.1) is 37.7 Å². The van der Waals surface area contributed by atoms with E-state index in [0.717, 1.165) is 6.42 Å². The summed E-state index contributed by atoms with van der Waals surface area (Å²) >= 11 is 0. The van der Waals surface area contributed by atoms with Gasteiger partial charge < -0.3 is 24.5 Å². The first-order valence-corrected chi connectivity index (χ1v) is 8.67. The Labute approximate surface area is 140 Å². The van der Waals surface area contributed by atoms with E-state index in [1.807, 2.05) is 0 Å². The highest BCUT2D eigenvalue weighted by atomic mass is 16.6. The normalized spacial score (nSPS) is 31.1. The quantitative estimate of drug-likeness (QED) is 0.740. The van der Waals surface area contributed by atoms with Gasteiger partial charge in [0.15, 0.2) is 11.8 Å². The minimum atomic E-state index is -0.823. The maximum Gasteiger partial charge on any atom is 0.272 e. The molecule has 0 radical (unpaired) electrons. The van der Waals surface area contributed by atoms with Crippen molar-refractivity contribution >= 4 is 17.5 Å². The van der Waals surface area contributed by atoms with Crippen molar-refractivity contribution < 1.29 is 24.3 Å². The van der Waals surface area contributed by atoms with Gasteiger partial charge in [-0.2, -0.15) is 0 Å². The Balaban J connectivity index is 1.37. The molecule has 0 aromatic carbocycles. The molecule has 1 saturated carbocycles. The number of carbonyl (C=O) groups excluding carboxylic acids is 2. The van der Waals surface area contributed by atoms with Crippen LogP contribution in [0.2, 0.25) is 0 Å². The molecule has 24 heavy (non-hydrogen) atoms. The van der Waals surface area contributed by atoms with E-state index in [4.69, 9.17) is 9.57 Å². The third-order valence-electron chi connectivity index (χ3n) is 5.54. The number of nitrogens with zero attached hydrogens (tertiary/aromatic N) is 3. The molecule has 2 amide bonds. The lowest BCUT2D eigenvalue weighted by molar-refractivity contribution is -0.140. The van der Waals surface area contributed by atoms with Crippen LogP contribution in [0.3, 0.4) is 0 Å². The van der Waals surface area contributed by atoms with E-state index in [2.05, 4.69) is 5.16 Å². The number of ether oxygens (including phenoxy) is 1. The number of carbonyl (C=O) groups is 2. The van der Waals surface area contributed by atoms with Crippen LogP contribution in [-0.4, -0.2) is 83.5 Å². The van der Waals surface area contributed by atoms with Gasteiger partial charge in [-0.3, -0.25) is 9.59 Å². The smallest absolute Gasteiger partial charge is 0.272 e. The van der Waals surface area contributed by atoms with Gasteiger partial charge in [-0.1, -0.05) is 5.16 Å². The van der Waals surface area contributed by atoms with Crippen molar-refractivity contribution in [2.24, 2.45) is 11.1 Å². The van der Waals surface area contributed by atoms with Crippen molar-refractivity contribution in [1.29, 1.82) is 0 Å². The van der Waals surface area contributed by atoms with Gasteiger partial charge in [0, 0.05) is 19.6 Å². The maximum absolute atomic E-state index is 12.6. The zero-order chi connectivity index (χ0) is 16.7. The fraction of sp³-hybridized carbons (Fsp3) is 0.812. The van der Waals surface area contributed by atoms with Crippen molar-refractivity contribution in [2.75, 3.05) is 39.4 Å². The lowest BCUT2D eigenvalue weighted by atomic mass is 9.77. The van der Waals surface area contributed by atoms with Gasteiger partial charge >= 0.3 is 0 Å². The van der Waals surface area contributed by atoms with Gasteiger partial charge in [-0.05, 0) is 19.3 Å². The largest absolute Gasteiger partial charge is 0.389 e. The van der Waals surface area contributed by atoms with Gasteiger partial charge in [0.2, 0.25) is 5.91 Å². The SMILES string of the molecule is O=C(CC1(O)CCC1)N1C[C@@H]2C(C(=O)N3CCOCC3)=NO[C@@H]2C1. The number of rotatable bonds is 3. The summed E-state index contributed by atoms with van der Waals surface area (Å²) in [6.07, 6.45) is 2.28. The van der Waals surface area contributed by atoms with E-state index >= 15 is 0 Å². The highest BCUT2D eigenvalue weighted by molar-refractivity contribution is 6.40. The molecule has 0 aromatic heterocycles. The Morgan fingerprint density at radius 2 is 1.96 bits per heavy atom. The lowest BCUT2D eigenvalue weighted by Crippen LogP contribution is -2.46. The minimum absolute atomic E-state index is 0.0617. The van der Waals surface area contributed by atoms with Crippen LogP contribution in [0.25, 0.3) is 0 Å². The van der Waals surface area contributed by atoms with Gasteiger partial charge in [0.1, 0.15) is 0 Å². The van der Waals surface area contributed by atoms with Crippen molar-refractivity contribution in [3.8, 4) is 0 Å². The average Bonchev–Trinajstić information content (AvgIpc) is 3.14. The maximum atomic E-state index is 12.6. The Bertz CT molecular complexity index is 568. The predicted octanol–water partition coefficient (Wildman–Crippen LogP) is -0.636. The van der Waals surface area contributed by atoms with Crippen molar-refractivity contribution in [1.82, 2.24) is 9.80 Å². The van der Waals surface area contributed by atoms with Crippen molar-refractivity contribution in [3.63, 3.8) is 0 Å². The molecule has 4 aliphatic rings. The van der Waals surface area contributed by atoms with Crippen LogP contribution >= 0.6 is 0 Å². The molecule has 2 atom stereocenters. The lowest BCUT2D eigenvalue weighted by Gasteiger charge is -2.37. The van der Waals surface area contributed by atoms with Gasteiger partial charge in [-0.15, -0.1) is 0 Å². The number of amides is 2.